The predicted octanol–water partition coefficient (Wildman–Crippen LogP) is 3.84. The van der Waals surface area contributed by atoms with Crippen molar-refractivity contribution in [2.45, 2.75) is 69.2 Å². The van der Waals surface area contributed by atoms with Crippen LogP contribution in [0, 0.1) is 5.82 Å². The minimum absolute atomic E-state index is 0.0856. The number of halogens is 1. The maximum absolute atomic E-state index is 13.3. The predicted molar refractivity (Wildman–Crippen MR) is 85.4 cm³/mol. The minimum Gasteiger partial charge on any atom is -0.212 e. The molecular weight excluding hydrogens is 301 g/mol. The topological polar surface area (TPSA) is 37.4 Å². The van der Waals surface area contributed by atoms with Gasteiger partial charge in [-0.25, -0.2) is 12.8 Å². The van der Waals surface area contributed by atoms with Crippen LogP contribution in [-0.4, -0.2) is 24.8 Å². The fourth-order valence-electron chi connectivity index (χ4n) is 3.98. The third kappa shape index (κ3) is 3.51. The molecule has 1 aromatic rings. The van der Waals surface area contributed by atoms with Crippen LogP contribution in [0.5, 0.6) is 0 Å². The smallest absolute Gasteiger partial charge is 0.212 e. The van der Waals surface area contributed by atoms with Crippen LogP contribution in [0.1, 0.15) is 56.9 Å². The van der Waals surface area contributed by atoms with Gasteiger partial charge >= 0.3 is 0 Å². The van der Waals surface area contributed by atoms with Crippen LogP contribution in [0.3, 0.4) is 0 Å². The Morgan fingerprint density at radius 3 is 2.05 bits per heavy atom. The van der Waals surface area contributed by atoms with Crippen LogP contribution >= 0.6 is 0 Å². The quantitative estimate of drug-likeness (QED) is 0.825. The molecule has 22 heavy (non-hydrogen) atoms. The largest absolute Gasteiger partial charge is 0.218 e. The fraction of sp³-hybridized carbons (Fsp3) is 0.647. The number of hydrogen-bond donors (Lipinski definition) is 0. The molecule has 0 aliphatic heterocycles. The maximum Gasteiger partial charge on any atom is 0.218 e. The molecule has 2 fully saturated rings. The Balaban J connectivity index is 1.84. The fourth-order valence-corrected chi connectivity index (χ4v) is 6.06. The van der Waals surface area contributed by atoms with E-state index in [-0.39, 0.29) is 23.7 Å². The van der Waals surface area contributed by atoms with Crippen LogP contribution in [0.4, 0.5) is 4.39 Å². The van der Waals surface area contributed by atoms with E-state index in [9.17, 15) is 12.8 Å². The monoisotopic (exact) mass is 325 g/mol. The molecule has 2 aliphatic carbocycles. The summed E-state index contributed by atoms with van der Waals surface area (Å²) in [5.41, 5.74) is 0.543. The van der Waals surface area contributed by atoms with Gasteiger partial charge in [0.05, 0.1) is 5.75 Å². The third-order valence-electron chi connectivity index (χ3n) is 4.93. The number of rotatable bonds is 5. The average Bonchev–Trinajstić information content (AvgIpc) is 3.12. The molecule has 122 valence electrons. The molecule has 0 bridgehead atoms. The Labute approximate surface area is 132 Å². The van der Waals surface area contributed by atoms with Crippen molar-refractivity contribution in [1.82, 2.24) is 4.31 Å². The van der Waals surface area contributed by atoms with Crippen LogP contribution < -0.4 is 0 Å². The molecule has 0 atom stereocenters. The highest BCUT2D eigenvalue weighted by molar-refractivity contribution is 7.88. The molecule has 2 saturated carbocycles. The summed E-state index contributed by atoms with van der Waals surface area (Å²) in [4.78, 5) is 0. The van der Waals surface area contributed by atoms with E-state index in [1.165, 1.54) is 12.1 Å². The minimum atomic E-state index is -3.39. The molecular formula is C17H24FNO2S. The first-order chi connectivity index (χ1) is 10.6. The highest BCUT2D eigenvalue weighted by Gasteiger charge is 2.38. The van der Waals surface area contributed by atoms with Gasteiger partial charge in [0.15, 0.2) is 0 Å². The molecule has 0 spiro atoms. The second-order valence-corrected chi connectivity index (χ2v) is 8.47. The number of hydrogen-bond acceptors (Lipinski definition) is 2. The highest BCUT2D eigenvalue weighted by atomic mass is 32.2. The molecule has 0 unspecified atom stereocenters. The molecule has 0 saturated heterocycles. The van der Waals surface area contributed by atoms with Gasteiger partial charge in [-0.05, 0) is 43.4 Å². The third-order valence-corrected chi connectivity index (χ3v) is 6.87. The summed E-state index contributed by atoms with van der Waals surface area (Å²) in [6, 6.07) is 6.27. The molecule has 3 nitrogen and oxygen atoms in total. The van der Waals surface area contributed by atoms with E-state index < -0.39 is 10.0 Å². The standard InChI is InChI=1S/C17H24FNO2S/c18-15-7-5-6-14(12-15)13-22(20,21)19(16-8-1-2-9-16)17-10-3-4-11-17/h5-7,12,16-17H,1-4,8-11,13H2. The lowest BCUT2D eigenvalue weighted by Gasteiger charge is -2.33. The van der Waals surface area contributed by atoms with Gasteiger partial charge in [-0.2, -0.15) is 4.31 Å². The van der Waals surface area contributed by atoms with E-state index in [4.69, 9.17) is 0 Å². The van der Waals surface area contributed by atoms with Crippen molar-refractivity contribution >= 4 is 10.0 Å². The molecule has 2 aliphatic rings. The van der Waals surface area contributed by atoms with E-state index in [2.05, 4.69) is 0 Å². The Kier molecular flexibility index (Phi) is 4.83. The SMILES string of the molecule is O=S(=O)(Cc1cccc(F)c1)N(C1CCCC1)C1CCCC1. The summed E-state index contributed by atoms with van der Waals surface area (Å²) in [6.45, 7) is 0. The van der Waals surface area contributed by atoms with Crippen molar-refractivity contribution in [2.75, 3.05) is 0 Å². The number of sulfonamides is 1. The Morgan fingerprint density at radius 1 is 1.00 bits per heavy atom. The lowest BCUT2D eigenvalue weighted by Crippen LogP contribution is -2.45. The Hall–Kier alpha value is -0.940. The van der Waals surface area contributed by atoms with Crippen LogP contribution in [0.25, 0.3) is 0 Å². The van der Waals surface area contributed by atoms with E-state index in [0.29, 0.717) is 5.56 Å². The van der Waals surface area contributed by atoms with Crippen molar-refractivity contribution in [3.05, 3.63) is 35.6 Å². The van der Waals surface area contributed by atoms with Gasteiger partial charge < -0.3 is 0 Å². The van der Waals surface area contributed by atoms with Crippen molar-refractivity contribution in [3.8, 4) is 0 Å². The maximum atomic E-state index is 13.3. The van der Waals surface area contributed by atoms with Crippen LogP contribution in [-0.2, 0) is 15.8 Å². The van der Waals surface area contributed by atoms with Gasteiger partial charge in [-0.3, -0.25) is 0 Å². The average molecular weight is 325 g/mol. The summed E-state index contributed by atoms with van der Waals surface area (Å²) >= 11 is 0. The van der Waals surface area contributed by atoms with Gasteiger partial charge in [0, 0.05) is 12.1 Å². The second kappa shape index (κ2) is 6.67. The summed E-state index contributed by atoms with van der Waals surface area (Å²) < 4.78 is 41.1. The lowest BCUT2D eigenvalue weighted by molar-refractivity contribution is 0.251. The molecule has 1 aromatic carbocycles. The van der Waals surface area contributed by atoms with Crippen molar-refractivity contribution in [1.29, 1.82) is 0 Å². The molecule has 3 rings (SSSR count). The number of benzene rings is 1. The first-order valence-electron chi connectivity index (χ1n) is 8.32. The summed E-state index contributed by atoms with van der Waals surface area (Å²) in [5.74, 6) is -0.460. The first kappa shape index (κ1) is 15.9. The molecule has 0 amide bonds. The zero-order valence-electron chi connectivity index (χ0n) is 12.9. The summed E-state index contributed by atoms with van der Waals surface area (Å²) in [6.07, 6.45) is 8.34. The van der Waals surface area contributed by atoms with E-state index in [0.717, 1.165) is 51.4 Å². The van der Waals surface area contributed by atoms with Crippen LogP contribution in [0.15, 0.2) is 24.3 Å². The Morgan fingerprint density at radius 2 is 1.55 bits per heavy atom. The molecule has 0 heterocycles. The van der Waals surface area contributed by atoms with Gasteiger partial charge in [0.25, 0.3) is 0 Å². The molecule has 0 aromatic heterocycles. The second-order valence-electron chi connectivity index (χ2n) is 6.59. The van der Waals surface area contributed by atoms with Gasteiger partial charge in [-0.15, -0.1) is 0 Å². The summed E-state index contributed by atoms with van der Waals surface area (Å²) in [7, 11) is -3.39. The molecule has 5 heteroatoms. The molecule has 0 N–H and O–H groups in total. The van der Waals surface area contributed by atoms with Crippen molar-refractivity contribution < 1.29 is 12.8 Å². The summed E-state index contributed by atoms with van der Waals surface area (Å²) in [5, 5.41) is 0. The Bertz CT molecular complexity index is 589. The van der Waals surface area contributed by atoms with Crippen molar-refractivity contribution in [3.63, 3.8) is 0 Å². The highest BCUT2D eigenvalue weighted by Crippen LogP contribution is 2.34. The van der Waals surface area contributed by atoms with Crippen molar-refractivity contribution in [2.24, 2.45) is 0 Å². The van der Waals surface area contributed by atoms with Gasteiger partial charge in [0.2, 0.25) is 10.0 Å². The zero-order valence-corrected chi connectivity index (χ0v) is 13.7. The van der Waals surface area contributed by atoms with Gasteiger partial charge in [-0.1, -0.05) is 37.8 Å². The van der Waals surface area contributed by atoms with Crippen LogP contribution in [0.2, 0.25) is 0 Å². The normalized spacial score (nSPS) is 21.0. The lowest BCUT2D eigenvalue weighted by atomic mass is 10.2. The van der Waals surface area contributed by atoms with E-state index >= 15 is 0 Å². The van der Waals surface area contributed by atoms with Gasteiger partial charge in [0.1, 0.15) is 5.82 Å². The zero-order chi connectivity index (χ0) is 15.6. The number of nitrogens with zero attached hydrogens (tertiary/aromatic N) is 1. The van der Waals surface area contributed by atoms with E-state index in [1.54, 1.807) is 16.4 Å². The first-order valence-corrected chi connectivity index (χ1v) is 9.93. The van der Waals surface area contributed by atoms with E-state index in [1.807, 2.05) is 0 Å². The molecule has 0 radical (unpaired) electrons.